The first kappa shape index (κ1) is 24.6. The number of carbonyl (C=O) groups excluding carboxylic acids is 3. The van der Waals surface area contributed by atoms with Crippen molar-refractivity contribution in [3.63, 3.8) is 0 Å². The van der Waals surface area contributed by atoms with Gasteiger partial charge in [0.2, 0.25) is 5.91 Å². The molecule has 0 aromatic heterocycles. The number of nitrogens with zero attached hydrogens (tertiary/aromatic N) is 1. The number of hydrogen-bond donors (Lipinski definition) is 2. The van der Waals surface area contributed by atoms with Crippen LogP contribution in [0, 0.1) is 5.82 Å². The largest absolute Gasteiger partial charge is 0.469 e. The number of methoxy groups -OCH3 is 1. The molecule has 0 unspecified atom stereocenters. The highest BCUT2D eigenvalue weighted by molar-refractivity contribution is 6.10. The summed E-state index contributed by atoms with van der Waals surface area (Å²) >= 11 is 0. The first-order valence-corrected chi connectivity index (χ1v) is 10.7. The Balaban J connectivity index is 1.68. The van der Waals surface area contributed by atoms with Crippen LogP contribution >= 0.6 is 0 Å². The minimum atomic E-state index is -0.436. The van der Waals surface area contributed by atoms with Gasteiger partial charge in [-0.3, -0.25) is 19.3 Å². The quantitative estimate of drug-likeness (QED) is 0.443. The van der Waals surface area contributed by atoms with Crippen LogP contribution in [0.25, 0.3) is 0 Å². The van der Waals surface area contributed by atoms with Crippen LogP contribution in [0.15, 0.2) is 78.9 Å². The number of carbonyl (C=O) groups is 3. The highest BCUT2D eigenvalue weighted by Gasteiger charge is 2.17. The Hall–Kier alpha value is -4.04. The second-order valence-electron chi connectivity index (χ2n) is 7.58. The Kier molecular flexibility index (Phi) is 8.88. The lowest BCUT2D eigenvalue weighted by atomic mass is 10.1. The molecule has 2 N–H and O–H groups in total. The summed E-state index contributed by atoms with van der Waals surface area (Å²) in [4.78, 5) is 39.1. The maximum Gasteiger partial charge on any atom is 0.306 e. The maximum absolute atomic E-state index is 13.1. The number of ether oxygens (including phenoxy) is 1. The summed E-state index contributed by atoms with van der Waals surface area (Å²) in [5, 5.41) is 5.48. The lowest BCUT2D eigenvalue weighted by Gasteiger charge is -2.22. The van der Waals surface area contributed by atoms with E-state index in [4.69, 9.17) is 4.74 Å². The van der Waals surface area contributed by atoms with E-state index in [-0.39, 0.29) is 30.4 Å². The van der Waals surface area contributed by atoms with Crippen LogP contribution < -0.4 is 10.6 Å². The molecule has 2 amide bonds. The fraction of sp³-hybridized carbons (Fsp3) is 0.192. The molecule has 0 heterocycles. The molecule has 0 saturated heterocycles. The second kappa shape index (κ2) is 12.3. The Morgan fingerprint density at radius 2 is 1.56 bits per heavy atom. The average Bonchev–Trinajstić information content (AvgIpc) is 2.84. The topological polar surface area (TPSA) is 87.7 Å². The molecule has 0 atom stereocenters. The van der Waals surface area contributed by atoms with Crippen molar-refractivity contribution in [3.05, 3.63) is 95.8 Å². The Labute approximate surface area is 197 Å². The molecule has 0 spiro atoms. The lowest BCUT2D eigenvalue weighted by Crippen LogP contribution is -2.35. The van der Waals surface area contributed by atoms with E-state index in [0.29, 0.717) is 24.5 Å². The molecule has 176 valence electrons. The molecule has 3 rings (SSSR count). The van der Waals surface area contributed by atoms with Crippen LogP contribution in [-0.2, 0) is 20.9 Å². The van der Waals surface area contributed by atoms with Gasteiger partial charge in [-0.05, 0) is 42.0 Å². The number of esters is 1. The molecule has 0 radical (unpaired) electrons. The number of halogens is 1. The van der Waals surface area contributed by atoms with Crippen LogP contribution in [0.4, 0.5) is 15.8 Å². The van der Waals surface area contributed by atoms with Crippen LogP contribution in [0.5, 0.6) is 0 Å². The van der Waals surface area contributed by atoms with E-state index in [9.17, 15) is 18.8 Å². The van der Waals surface area contributed by atoms with E-state index in [2.05, 4.69) is 10.6 Å². The molecular formula is C26H26FN3O4. The highest BCUT2D eigenvalue weighted by atomic mass is 19.1. The summed E-state index contributed by atoms with van der Waals surface area (Å²) in [6.45, 7) is 0.819. The zero-order valence-electron chi connectivity index (χ0n) is 18.8. The summed E-state index contributed by atoms with van der Waals surface area (Å²) in [5.41, 5.74) is 2.05. The van der Waals surface area contributed by atoms with Crippen LogP contribution in [-0.4, -0.2) is 42.9 Å². The number of nitrogens with one attached hydrogen (secondary N) is 2. The fourth-order valence-electron chi connectivity index (χ4n) is 3.32. The predicted octanol–water partition coefficient (Wildman–Crippen LogP) is 4.08. The van der Waals surface area contributed by atoms with Crippen LogP contribution in [0.2, 0.25) is 0 Å². The molecular weight excluding hydrogens is 437 g/mol. The van der Waals surface area contributed by atoms with Gasteiger partial charge in [0.25, 0.3) is 5.91 Å². The second-order valence-corrected chi connectivity index (χ2v) is 7.58. The van der Waals surface area contributed by atoms with Gasteiger partial charge in [0.15, 0.2) is 0 Å². The summed E-state index contributed by atoms with van der Waals surface area (Å²) < 4.78 is 17.8. The molecule has 34 heavy (non-hydrogen) atoms. The summed E-state index contributed by atoms with van der Waals surface area (Å²) in [6, 6.07) is 21.6. The van der Waals surface area contributed by atoms with Crippen molar-refractivity contribution in [2.24, 2.45) is 0 Å². The first-order valence-electron chi connectivity index (χ1n) is 10.7. The monoisotopic (exact) mass is 463 g/mol. The van der Waals surface area contributed by atoms with Gasteiger partial charge in [0, 0.05) is 18.8 Å². The Bertz CT molecular complexity index is 1120. The van der Waals surface area contributed by atoms with Crippen molar-refractivity contribution in [1.82, 2.24) is 4.90 Å². The molecule has 7 nitrogen and oxygen atoms in total. The molecule has 0 saturated carbocycles. The number of hydrogen-bond acceptors (Lipinski definition) is 5. The zero-order valence-corrected chi connectivity index (χ0v) is 18.8. The van der Waals surface area contributed by atoms with E-state index in [1.54, 1.807) is 24.3 Å². The average molecular weight is 464 g/mol. The number of para-hydroxylation sites is 1. The number of benzene rings is 3. The maximum atomic E-state index is 13.1. The SMILES string of the molecule is COC(=O)CCN(CC(=O)Nc1ccccc1C(=O)Nc1ccc(F)cc1)Cc1ccccc1. The van der Waals surface area contributed by atoms with Gasteiger partial charge < -0.3 is 15.4 Å². The van der Waals surface area contributed by atoms with Crippen molar-refractivity contribution in [2.75, 3.05) is 30.8 Å². The van der Waals surface area contributed by atoms with Gasteiger partial charge in [-0.2, -0.15) is 0 Å². The van der Waals surface area contributed by atoms with Gasteiger partial charge in [-0.1, -0.05) is 42.5 Å². The van der Waals surface area contributed by atoms with Crippen molar-refractivity contribution in [2.45, 2.75) is 13.0 Å². The molecule has 0 aliphatic heterocycles. The molecule has 3 aromatic rings. The van der Waals surface area contributed by atoms with Crippen molar-refractivity contribution >= 4 is 29.2 Å². The summed E-state index contributed by atoms with van der Waals surface area (Å²) in [5.74, 6) is -1.53. The summed E-state index contributed by atoms with van der Waals surface area (Å²) in [6.07, 6.45) is 0.146. The van der Waals surface area contributed by atoms with E-state index in [1.807, 2.05) is 35.2 Å². The van der Waals surface area contributed by atoms with Gasteiger partial charge in [0.05, 0.1) is 31.3 Å². The van der Waals surface area contributed by atoms with E-state index >= 15 is 0 Å². The predicted molar refractivity (Wildman–Crippen MR) is 128 cm³/mol. The third kappa shape index (κ3) is 7.53. The molecule has 0 bridgehead atoms. The molecule has 0 aliphatic rings. The highest BCUT2D eigenvalue weighted by Crippen LogP contribution is 2.18. The van der Waals surface area contributed by atoms with Gasteiger partial charge in [0.1, 0.15) is 5.82 Å². The van der Waals surface area contributed by atoms with Gasteiger partial charge in [-0.25, -0.2) is 4.39 Å². The molecule has 0 aliphatic carbocycles. The van der Waals surface area contributed by atoms with Crippen molar-refractivity contribution in [1.29, 1.82) is 0 Å². The lowest BCUT2D eigenvalue weighted by molar-refractivity contribution is -0.141. The number of amides is 2. The minimum absolute atomic E-state index is 0.0137. The standard InChI is InChI=1S/C26H26FN3O4/c1-34-25(32)15-16-30(17-19-7-3-2-4-8-19)18-24(31)29-23-10-6-5-9-22(23)26(33)28-21-13-11-20(27)12-14-21/h2-14H,15-18H2,1H3,(H,28,33)(H,29,31). The Morgan fingerprint density at radius 1 is 0.882 bits per heavy atom. The third-order valence-corrected chi connectivity index (χ3v) is 5.02. The smallest absolute Gasteiger partial charge is 0.306 e. The van der Waals surface area contributed by atoms with E-state index in [0.717, 1.165) is 5.56 Å². The van der Waals surface area contributed by atoms with Crippen molar-refractivity contribution < 1.29 is 23.5 Å². The fourth-order valence-corrected chi connectivity index (χ4v) is 3.32. The Morgan fingerprint density at radius 3 is 2.26 bits per heavy atom. The molecule has 3 aromatic carbocycles. The minimum Gasteiger partial charge on any atom is -0.469 e. The van der Waals surface area contributed by atoms with E-state index in [1.165, 1.54) is 31.4 Å². The normalized spacial score (nSPS) is 10.6. The third-order valence-electron chi connectivity index (χ3n) is 5.02. The molecule has 0 fully saturated rings. The number of anilines is 2. The summed E-state index contributed by atoms with van der Waals surface area (Å²) in [7, 11) is 1.32. The first-order chi connectivity index (χ1) is 16.4. The van der Waals surface area contributed by atoms with Gasteiger partial charge >= 0.3 is 5.97 Å². The van der Waals surface area contributed by atoms with E-state index < -0.39 is 11.7 Å². The number of rotatable bonds is 10. The molecule has 8 heteroatoms. The van der Waals surface area contributed by atoms with Crippen molar-refractivity contribution in [3.8, 4) is 0 Å². The zero-order chi connectivity index (χ0) is 24.3. The van der Waals surface area contributed by atoms with Gasteiger partial charge in [-0.15, -0.1) is 0 Å². The van der Waals surface area contributed by atoms with Crippen LogP contribution in [0.1, 0.15) is 22.3 Å². The van der Waals surface area contributed by atoms with Crippen LogP contribution in [0.3, 0.4) is 0 Å².